The van der Waals surface area contributed by atoms with Crippen molar-refractivity contribution in [2.75, 3.05) is 11.6 Å². The molecule has 2 heterocycles. The third-order valence-corrected chi connectivity index (χ3v) is 3.74. The number of nitrogens with zero attached hydrogens (tertiary/aromatic N) is 3. The summed E-state index contributed by atoms with van der Waals surface area (Å²) in [6, 6.07) is 0. The molecule has 0 saturated heterocycles. The van der Waals surface area contributed by atoms with Gasteiger partial charge in [0.25, 0.3) is 0 Å². The molecule has 2 rings (SSSR count). The number of halogens is 1. The number of allylic oxidation sites excluding steroid dienone is 1. The number of hydrogen-bond donors (Lipinski definition) is 0. The molecule has 0 amide bonds. The molecule has 5 heteroatoms. The van der Waals surface area contributed by atoms with Crippen LogP contribution in [0.5, 0.6) is 0 Å². The molecule has 0 aliphatic carbocycles. The lowest BCUT2D eigenvalue weighted by atomic mass is 10.2. The van der Waals surface area contributed by atoms with E-state index in [-0.39, 0.29) is 0 Å². The molecule has 1 aliphatic rings. The Bertz CT molecular complexity index is 362. The van der Waals surface area contributed by atoms with Crippen LogP contribution in [0, 0.1) is 0 Å². The number of rotatable bonds is 4. The molecule has 0 fully saturated rings. The highest BCUT2D eigenvalue weighted by molar-refractivity contribution is 7.99. The minimum Gasteiger partial charge on any atom is -0.306 e. The first-order valence-electron chi connectivity index (χ1n) is 5.67. The van der Waals surface area contributed by atoms with Crippen molar-refractivity contribution in [3.63, 3.8) is 0 Å². The molecule has 0 atom stereocenters. The van der Waals surface area contributed by atoms with Crippen molar-refractivity contribution in [3.05, 3.63) is 18.0 Å². The van der Waals surface area contributed by atoms with E-state index in [9.17, 15) is 0 Å². The Morgan fingerprint density at radius 3 is 3.06 bits per heavy atom. The molecule has 1 aliphatic heterocycles. The molecule has 0 N–H and O–H groups in total. The fraction of sp³-hybridized carbons (Fsp3) is 0.636. The normalized spacial score (nSPS) is 16.3. The molecule has 16 heavy (non-hydrogen) atoms. The predicted octanol–water partition coefficient (Wildman–Crippen LogP) is 2.89. The van der Waals surface area contributed by atoms with Crippen LogP contribution in [0.3, 0.4) is 0 Å². The largest absolute Gasteiger partial charge is 0.306 e. The molecular weight excluding hydrogens is 242 g/mol. The van der Waals surface area contributed by atoms with Crippen molar-refractivity contribution < 1.29 is 0 Å². The number of alkyl halides is 1. The first-order chi connectivity index (χ1) is 7.92. The van der Waals surface area contributed by atoms with Gasteiger partial charge in [0, 0.05) is 24.6 Å². The Morgan fingerprint density at radius 2 is 2.19 bits per heavy atom. The van der Waals surface area contributed by atoms with Crippen LogP contribution >= 0.6 is 23.4 Å². The average Bonchev–Trinajstić information content (AvgIpc) is 2.54. The van der Waals surface area contributed by atoms with E-state index >= 15 is 0 Å². The van der Waals surface area contributed by atoms with E-state index in [1.54, 1.807) is 11.8 Å². The van der Waals surface area contributed by atoms with Gasteiger partial charge in [0.2, 0.25) is 0 Å². The Morgan fingerprint density at radius 1 is 1.25 bits per heavy atom. The van der Waals surface area contributed by atoms with Crippen LogP contribution in [-0.2, 0) is 13.0 Å². The molecule has 0 spiro atoms. The minimum atomic E-state index is 0.582. The standard InChI is InChI=1S/C11H16ClN3S/c12-7-3-5-9-16-11-14-13-10-6-2-1-4-8-15(10)11/h3,5H,1-2,4,6-9H2. The highest BCUT2D eigenvalue weighted by Gasteiger charge is 2.13. The maximum atomic E-state index is 5.57. The van der Waals surface area contributed by atoms with Gasteiger partial charge in [0.15, 0.2) is 5.16 Å². The minimum absolute atomic E-state index is 0.582. The first kappa shape index (κ1) is 12.0. The van der Waals surface area contributed by atoms with Crippen LogP contribution in [0.4, 0.5) is 0 Å². The molecular formula is C11H16ClN3S. The van der Waals surface area contributed by atoms with Gasteiger partial charge >= 0.3 is 0 Å². The molecule has 3 nitrogen and oxygen atoms in total. The van der Waals surface area contributed by atoms with Gasteiger partial charge in [-0.05, 0) is 12.8 Å². The highest BCUT2D eigenvalue weighted by Crippen LogP contribution is 2.21. The Kier molecular flexibility index (Phi) is 4.72. The van der Waals surface area contributed by atoms with Gasteiger partial charge < -0.3 is 4.57 Å². The van der Waals surface area contributed by atoms with E-state index in [1.165, 1.54) is 19.3 Å². The van der Waals surface area contributed by atoms with Crippen LogP contribution in [0.2, 0.25) is 0 Å². The Labute approximate surface area is 105 Å². The summed E-state index contributed by atoms with van der Waals surface area (Å²) in [5.41, 5.74) is 0. The quantitative estimate of drug-likeness (QED) is 0.472. The highest BCUT2D eigenvalue weighted by atomic mass is 35.5. The monoisotopic (exact) mass is 257 g/mol. The van der Waals surface area contributed by atoms with Gasteiger partial charge in [0.1, 0.15) is 5.82 Å². The maximum absolute atomic E-state index is 5.57. The van der Waals surface area contributed by atoms with Crippen LogP contribution in [0.25, 0.3) is 0 Å². The van der Waals surface area contributed by atoms with Crippen molar-refractivity contribution in [1.29, 1.82) is 0 Å². The third kappa shape index (κ3) is 3.01. The summed E-state index contributed by atoms with van der Waals surface area (Å²) in [6.45, 7) is 1.07. The number of hydrogen-bond acceptors (Lipinski definition) is 3. The van der Waals surface area contributed by atoms with E-state index in [2.05, 4.69) is 20.8 Å². The van der Waals surface area contributed by atoms with Crippen LogP contribution in [0.15, 0.2) is 17.3 Å². The van der Waals surface area contributed by atoms with E-state index < -0.39 is 0 Å². The van der Waals surface area contributed by atoms with Crippen LogP contribution < -0.4 is 0 Å². The average molecular weight is 258 g/mol. The second kappa shape index (κ2) is 6.30. The smallest absolute Gasteiger partial charge is 0.191 e. The summed E-state index contributed by atoms with van der Waals surface area (Å²) >= 11 is 7.30. The lowest BCUT2D eigenvalue weighted by molar-refractivity contribution is 0.591. The third-order valence-electron chi connectivity index (χ3n) is 2.64. The van der Waals surface area contributed by atoms with Gasteiger partial charge in [-0.15, -0.1) is 21.8 Å². The first-order valence-corrected chi connectivity index (χ1v) is 7.19. The fourth-order valence-corrected chi connectivity index (χ4v) is 2.78. The molecule has 1 aromatic rings. The summed E-state index contributed by atoms with van der Waals surface area (Å²) in [6.07, 6.45) is 8.92. The molecule has 88 valence electrons. The van der Waals surface area contributed by atoms with Crippen molar-refractivity contribution in [2.45, 2.75) is 37.4 Å². The molecule has 0 saturated carbocycles. The van der Waals surface area contributed by atoms with Crippen LogP contribution in [0.1, 0.15) is 25.1 Å². The lowest BCUT2D eigenvalue weighted by Gasteiger charge is -2.04. The predicted molar refractivity (Wildman–Crippen MR) is 68.2 cm³/mol. The molecule has 0 unspecified atom stereocenters. The van der Waals surface area contributed by atoms with E-state index in [0.29, 0.717) is 5.88 Å². The summed E-state index contributed by atoms with van der Waals surface area (Å²) in [7, 11) is 0. The topological polar surface area (TPSA) is 30.7 Å². The van der Waals surface area contributed by atoms with Gasteiger partial charge in [-0.1, -0.05) is 30.3 Å². The van der Waals surface area contributed by atoms with Gasteiger partial charge in [-0.3, -0.25) is 0 Å². The Balaban J connectivity index is 1.99. The number of thioether (sulfide) groups is 1. The summed E-state index contributed by atoms with van der Waals surface area (Å²) < 4.78 is 2.27. The van der Waals surface area contributed by atoms with E-state index in [0.717, 1.165) is 29.7 Å². The zero-order chi connectivity index (χ0) is 11.2. The zero-order valence-electron chi connectivity index (χ0n) is 9.23. The van der Waals surface area contributed by atoms with Crippen molar-refractivity contribution in [3.8, 4) is 0 Å². The van der Waals surface area contributed by atoms with E-state index in [1.807, 2.05) is 6.08 Å². The van der Waals surface area contributed by atoms with Crippen molar-refractivity contribution in [2.24, 2.45) is 0 Å². The number of fused-ring (bicyclic) bond motifs is 1. The van der Waals surface area contributed by atoms with Crippen LogP contribution in [-0.4, -0.2) is 26.4 Å². The van der Waals surface area contributed by atoms with Gasteiger partial charge in [-0.2, -0.15) is 0 Å². The summed E-state index contributed by atoms with van der Waals surface area (Å²) in [5.74, 6) is 2.66. The van der Waals surface area contributed by atoms with Crippen molar-refractivity contribution in [1.82, 2.24) is 14.8 Å². The zero-order valence-corrected chi connectivity index (χ0v) is 10.8. The summed E-state index contributed by atoms with van der Waals surface area (Å²) in [4.78, 5) is 0. The molecule has 0 aromatic carbocycles. The van der Waals surface area contributed by atoms with Gasteiger partial charge in [0.05, 0.1) is 0 Å². The molecule has 1 aromatic heterocycles. The maximum Gasteiger partial charge on any atom is 0.191 e. The van der Waals surface area contributed by atoms with Crippen molar-refractivity contribution >= 4 is 23.4 Å². The molecule has 0 radical (unpaired) electrons. The second-order valence-electron chi connectivity index (χ2n) is 3.80. The second-order valence-corrected chi connectivity index (χ2v) is 5.09. The van der Waals surface area contributed by atoms with Gasteiger partial charge in [-0.25, -0.2) is 0 Å². The SMILES string of the molecule is ClCC=CCSc1nnc2n1CCCCC2. The van der Waals surface area contributed by atoms with E-state index in [4.69, 9.17) is 11.6 Å². The number of aryl methyl sites for hydroxylation is 1. The lowest BCUT2D eigenvalue weighted by Crippen LogP contribution is -2.02. The summed E-state index contributed by atoms with van der Waals surface area (Å²) in [5, 5.41) is 9.56. The number of aromatic nitrogens is 3. The Hall–Kier alpha value is -0.480. The molecule has 0 bridgehead atoms. The fourth-order valence-electron chi connectivity index (χ4n) is 1.82.